The molecule has 0 unspecified atom stereocenters. The summed E-state index contributed by atoms with van der Waals surface area (Å²) >= 11 is 0. The van der Waals surface area contributed by atoms with E-state index in [0.29, 0.717) is 23.7 Å². The van der Waals surface area contributed by atoms with Gasteiger partial charge in [-0.2, -0.15) is 0 Å². The highest BCUT2D eigenvalue weighted by Crippen LogP contribution is 2.78. The minimum Gasteiger partial charge on any atom is -0.461 e. The van der Waals surface area contributed by atoms with E-state index >= 15 is 0 Å². The van der Waals surface area contributed by atoms with Crippen LogP contribution in [0.1, 0.15) is 113 Å². The number of oxime groups is 1. The average Bonchev–Trinajstić information content (AvgIpc) is 3.01. The Hall–Kier alpha value is -1.06. The summed E-state index contributed by atoms with van der Waals surface area (Å²) in [5.74, 6) is 2.40. The van der Waals surface area contributed by atoms with Crippen molar-refractivity contribution in [1.82, 2.24) is 0 Å². The van der Waals surface area contributed by atoms with Gasteiger partial charge in [0.25, 0.3) is 0 Å². The van der Waals surface area contributed by atoms with E-state index in [1.54, 1.807) is 0 Å². The quantitative estimate of drug-likeness (QED) is 0.231. The number of rotatable bonds is 0. The number of esters is 1. The third-order valence-electron chi connectivity index (χ3n) is 14.0. The molecule has 1 heterocycles. The molecule has 4 heteroatoms. The normalized spacial score (nSPS) is 56.0. The van der Waals surface area contributed by atoms with Gasteiger partial charge in [0.1, 0.15) is 6.10 Å². The first-order valence-electron chi connectivity index (χ1n) is 14.2. The summed E-state index contributed by atoms with van der Waals surface area (Å²) in [7, 11) is 0. The summed E-state index contributed by atoms with van der Waals surface area (Å²) in [5.41, 5.74) is 1.69. The molecule has 6 fully saturated rings. The molecule has 34 heavy (non-hydrogen) atoms. The number of hydrogen-bond acceptors (Lipinski definition) is 4. The van der Waals surface area contributed by atoms with Crippen molar-refractivity contribution < 1.29 is 14.7 Å². The highest BCUT2D eigenvalue weighted by atomic mass is 16.6. The first-order valence-corrected chi connectivity index (χ1v) is 14.2. The molecule has 9 atom stereocenters. The van der Waals surface area contributed by atoms with Crippen LogP contribution in [0.3, 0.4) is 0 Å². The number of carbonyl (C=O) groups is 1. The zero-order valence-corrected chi connectivity index (χ0v) is 22.7. The third kappa shape index (κ3) is 2.43. The standard InChI is InChI=1S/C30H47NO3/c1-25(2)14-16-30-17-15-28(6)18(22(30)23(25)34-24(30)32)8-9-20-27(5)12-11-21(31-33)26(3,4)19(27)10-13-29(20,28)7/h18-20,22-23,33H,8-17H2,1-7H3/b31-21+/t18-,19-,20-,22-,23-,27-,28+,29+,30+/m0/s1. The molecule has 0 aromatic carbocycles. The SMILES string of the molecule is CC1(C)CC[C@@]23CC[C@]4(C)[C@@H](CC[C@H]5[C@@]6(C)CC/C(=N\O)C(C)(C)[C@@H]6CC[C@]54C)[C@H]2[C@@H]1OC3=O. The van der Waals surface area contributed by atoms with Gasteiger partial charge in [-0.05, 0) is 98.2 Å². The Morgan fingerprint density at radius 3 is 2.24 bits per heavy atom. The molecule has 0 aromatic heterocycles. The van der Waals surface area contributed by atoms with Gasteiger partial charge in [-0.1, -0.05) is 53.6 Å². The molecule has 2 bridgehead atoms. The van der Waals surface area contributed by atoms with Crippen LogP contribution in [0.4, 0.5) is 0 Å². The number of fused-ring (bicyclic) bond motifs is 5. The van der Waals surface area contributed by atoms with Gasteiger partial charge in [0.05, 0.1) is 11.1 Å². The summed E-state index contributed by atoms with van der Waals surface area (Å²) in [5, 5.41) is 13.5. The van der Waals surface area contributed by atoms with Crippen LogP contribution in [0.2, 0.25) is 0 Å². The molecular weight excluding hydrogens is 422 g/mol. The third-order valence-corrected chi connectivity index (χ3v) is 14.0. The minimum absolute atomic E-state index is 0.0375. The second-order valence-corrected chi connectivity index (χ2v) is 15.4. The molecule has 4 nitrogen and oxygen atoms in total. The van der Waals surface area contributed by atoms with Crippen molar-refractivity contribution in [3.63, 3.8) is 0 Å². The van der Waals surface area contributed by atoms with Gasteiger partial charge in [-0.25, -0.2) is 0 Å². The minimum atomic E-state index is -0.200. The van der Waals surface area contributed by atoms with Crippen LogP contribution in [0.25, 0.3) is 0 Å². The van der Waals surface area contributed by atoms with Crippen LogP contribution in [-0.4, -0.2) is 23.0 Å². The maximum atomic E-state index is 13.4. The molecule has 1 N–H and O–H groups in total. The number of ether oxygens (including phenoxy) is 1. The van der Waals surface area contributed by atoms with Crippen LogP contribution in [-0.2, 0) is 9.53 Å². The molecule has 190 valence electrons. The van der Waals surface area contributed by atoms with E-state index in [1.807, 2.05) is 0 Å². The predicted molar refractivity (Wildman–Crippen MR) is 134 cm³/mol. The van der Waals surface area contributed by atoms with Crippen LogP contribution in [0, 0.1) is 56.2 Å². The summed E-state index contributed by atoms with van der Waals surface area (Å²) in [6.45, 7) is 17.2. The van der Waals surface area contributed by atoms with Gasteiger partial charge in [0, 0.05) is 16.7 Å². The maximum Gasteiger partial charge on any atom is 0.312 e. The smallest absolute Gasteiger partial charge is 0.312 e. The van der Waals surface area contributed by atoms with E-state index < -0.39 is 0 Å². The second kappa shape index (κ2) is 6.62. The van der Waals surface area contributed by atoms with Gasteiger partial charge in [0.15, 0.2) is 0 Å². The number of nitrogens with zero attached hydrogens (tertiary/aromatic N) is 1. The van der Waals surface area contributed by atoms with Crippen molar-refractivity contribution in [2.75, 3.05) is 0 Å². The van der Waals surface area contributed by atoms with Crippen molar-refractivity contribution >= 4 is 11.7 Å². The van der Waals surface area contributed by atoms with Gasteiger partial charge in [0.2, 0.25) is 0 Å². The van der Waals surface area contributed by atoms with Gasteiger partial charge in [-0.15, -0.1) is 0 Å². The molecule has 5 saturated carbocycles. The van der Waals surface area contributed by atoms with Crippen molar-refractivity contribution in [2.24, 2.45) is 61.3 Å². The van der Waals surface area contributed by atoms with Crippen LogP contribution < -0.4 is 0 Å². The Kier molecular flexibility index (Phi) is 4.55. The summed E-state index contributed by atoms with van der Waals surface area (Å²) in [6, 6.07) is 0. The predicted octanol–water partition coefficient (Wildman–Crippen LogP) is 7.23. The fourth-order valence-electron chi connectivity index (χ4n) is 11.8. The number of hydrogen-bond donors (Lipinski definition) is 1. The molecule has 5 aliphatic carbocycles. The molecule has 6 rings (SSSR count). The molecule has 0 aromatic rings. The second-order valence-electron chi connectivity index (χ2n) is 15.4. The fraction of sp³-hybridized carbons (Fsp3) is 0.933. The topological polar surface area (TPSA) is 58.9 Å². The Morgan fingerprint density at radius 1 is 0.824 bits per heavy atom. The van der Waals surface area contributed by atoms with Gasteiger partial charge in [-0.3, -0.25) is 4.79 Å². The molecule has 6 aliphatic rings. The highest BCUT2D eigenvalue weighted by Gasteiger charge is 2.75. The lowest BCUT2D eigenvalue weighted by Gasteiger charge is -2.72. The van der Waals surface area contributed by atoms with E-state index in [0.717, 1.165) is 37.8 Å². The average molecular weight is 470 g/mol. The fourth-order valence-corrected chi connectivity index (χ4v) is 11.8. The van der Waals surface area contributed by atoms with E-state index in [9.17, 15) is 10.0 Å². The monoisotopic (exact) mass is 469 g/mol. The lowest BCUT2D eigenvalue weighted by Crippen LogP contribution is -2.67. The summed E-state index contributed by atoms with van der Waals surface area (Å²) in [4.78, 5) is 13.4. The van der Waals surface area contributed by atoms with Crippen LogP contribution >= 0.6 is 0 Å². The molecule has 0 radical (unpaired) electrons. The van der Waals surface area contributed by atoms with Crippen molar-refractivity contribution in [1.29, 1.82) is 0 Å². The zero-order chi connectivity index (χ0) is 24.5. The van der Waals surface area contributed by atoms with Gasteiger partial charge >= 0.3 is 5.97 Å². The molecule has 0 spiro atoms. The van der Waals surface area contributed by atoms with Crippen LogP contribution in [0.5, 0.6) is 0 Å². The van der Waals surface area contributed by atoms with E-state index in [4.69, 9.17) is 4.74 Å². The van der Waals surface area contributed by atoms with Crippen LogP contribution in [0.15, 0.2) is 5.16 Å². The Balaban J connectivity index is 1.41. The first-order chi connectivity index (χ1) is 15.8. The lowest BCUT2D eigenvalue weighted by molar-refractivity contribution is -0.235. The maximum absolute atomic E-state index is 13.4. The Labute approximate surface area is 206 Å². The Bertz CT molecular complexity index is 953. The first kappa shape index (κ1) is 23.3. The summed E-state index contributed by atoms with van der Waals surface area (Å²) < 4.78 is 6.28. The molecule has 0 amide bonds. The largest absolute Gasteiger partial charge is 0.461 e. The Morgan fingerprint density at radius 2 is 1.53 bits per heavy atom. The van der Waals surface area contributed by atoms with Crippen molar-refractivity contribution in [3.05, 3.63) is 0 Å². The van der Waals surface area contributed by atoms with E-state index in [-0.39, 0.29) is 44.6 Å². The van der Waals surface area contributed by atoms with Gasteiger partial charge < -0.3 is 9.94 Å². The van der Waals surface area contributed by atoms with E-state index in [2.05, 4.69) is 53.6 Å². The summed E-state index contributed by atoms with van der Waals surface area (Å²) in [6.07, 6.45) is 11.5. The van der Waals surface area contributed by atoms with E-state index in [1.165, 1.54) is 32.1 Å². The molecule has 1 aliphatic heterocycles. The molecular formula is C30H47NO3. The van der Waals surface area contributed by atoms with Crippen molar-refractivity contribution in [3.8, 4) is 0 Å². The lowest BCUT2D eigenvalue weighted by atomic mass is 9.31. The highest BCUT2D eigenvalue weighted by molar-refractivity contribution is 5.90. The molecule has 1 saturated heterocycles. The zero-order valence-electron chi connectivity index (χ0n) is 22.7. The number of carbonyl (C=O) groups excluding carboxylic acids is 1. The van der Waals surface area contributed by atoms with Crippen molar-refractivity contribution in [2.45, 2.75) is 119 Å².